The van der Waals surface area contributed by atoms with Crippen LogP contribution in [-0.2, 0) is 0 Å². The minimum atomic E-state index is -0.191. The molecule has 3 rings (SSSR count). The van der Waals surface area contributed by atoms with Crippen molar-refractivity contribution >= 4 is 11.0 Å². The van der Waals surface area contributed by atoms with Crippen LogP contribution in [0.25, 0.3) is 22.3 Å². The minimum absolute atomic E-state index is 0.0905. The van der Waals surface area contributed by atoms with Gasteiger partial charge in [0.25, 0.3) is 0 Å². The van der Waals surface area contributed by atoms with Gasteiger partial charge in [0.05, 0.1) is 20.8 Å². The molecule has 6 nitrogen and oxygen atoms in total. The zero-order valence-corrected chi connectivity index (χ0v) is 14.7. The summed E-state index contributed by atoms with van der Waals surface area (Å²) in [5.74, 6) is 2.09. The van der Waals surface area contributed by atoms with Crippen molar-refractivity contribution in [2.45, 2.75) is 6.42 Å². The molecular weight excluding hydrogens is 336 g/mol. The van der Waals surface area contributed by atoms with Crippen LogP contribution < -0.4 is 19.6 Å². The Hall–Kier alpha value is -2.99. The lowest BCUT2D eigenvalue weighted by molar-refractivity contribution is 0.233. The lowest BCUT2D eigenvalue weighted by Gasteiger charge is -2.10. The summed E-state index contributed by atoms with van der Waals surface area (Å²) >= 11 is 0. The summed E-state index contributed by atoms with van der Waals surface area (Å²) in [5, 5.41) is 9.16. The van der Waals surface area contributed by atoms with Gasteiger partial charge in [-0.05, 0) is 24.3 Å². The Labute approximate surface area is 150 Å². The summed E-state index contributed by atoms with van der Waals surface area (Å²) in [7, 11) is 3.04. The zero-order chi connectivity index (χ0) is 18.5. The smallest absolute Gasteiger partial charge is 0.197 e. The van der Waals surface area contributed by atoms with Gasteiger partial charge in [-0.25, -0.2) is 0 Å². The maximum absolute atomic E-state index is 12.6. The highest BCUT2D eigenvalue weighted by Crippen LogP contribution is 2.32. The fraction of sp³-hybridized carbons (Fsp3) is 0.250. The van der Waals surface area contributed by atoms with Gasteiger partial charge in [0, 0.05) is 36.8 Å². The zero-order valence-electron chi connectivity index (χ0n) is 14.7. The molecule has 0 radical (unpaired) electrons. The van der Waals surface area contributed by atoms with Crippen LogP contribution in [-0.4, -0.2) is 32.5 Å². The first-order chi connectivity index (χ1) is 12.7. The van der Waals surface area contributed by atoms with Crippen molar-refractivity contribution in [3.8, 4) is 28.6 Å². The Balaban J connectivity index is 1.99. The van der Waals surface area contributed by atoms with Crippen LogP contribution in [0, 0.1) is 0 Å². The Kier molecular flexibility index (Phi) is 5.43. The van der Waals surface area contributed by atoms with E-state index >= 15 is 0 Å². The quantitative estimate of drug-likeness (QED) is 0.655. The van der Waals surface area contributed by atoms with E-state index < -0.39 is 0 Å². The molecule has 0 saturated carbocycles. The first-order valence-electron chi connectivity index (χ1n) is 8.20. The number of rotatable bonds is 7. The number of fused-ring (bicyclic) bond motifs is 1. The number of ether oxygens (including phenoxy) is 3. The third-order valence-electron chi connectivity index (χ3n) is 3.93. The van der Waals surface area contributed by atoms with Crippen molar-refractivity contribution in [3.63, 3.8) is 0 Å². The molecule has 0 unspecified atom stereocenters. The van der Waals surface area contributed by atoms with E-state index in [-0.39, 0.29) is 12.0 Å². The Bertz CT molecular complexity index is 943. The molecule has 3 aromatic rings. The van der Waals surface area contributed by atoms with E-state index in [1.54, 1.807) is 24.3 Å². The van der Waals surface area contributed by atoms with E-state index in [2.05, 4.69) is 0 Å². The normalized spacial score (nSPS) is 10.7. The predicted octanol–water partition coefficient (Wildman–Crippen LogP) is 3.24. The largest absolute Gasteiger partial charge is 0.496 e. The molecule has 26 heavy (non-hydrogen) atoms. The minimum Gasteiger partial charge on any atom is -0.496 e. The predicted molar refractivity (Wildman–Crippen MR) is 98.2 cm³/mol. The Morgan fingerprint density at radius 2 is 1.77 bits per heavy atom. The van der Waals surface area contributed by atoms with E-state index in [0.717, 1.165) is 5.56 Å². The summed E-state index contributed by atoms with van der Waals surface area (Å²) in [6, 6.07) is 12.0. The van der Waals surface area contributed by atoms with Gasteiger partial charge < -0.3 is 23.7 Å². The number of hydrogen-bond acceptors (Lipinski definition) is 6. The first kappa shape index (κ1) is 17.8. The maximum Gasteiger partial charge on any atom is 0.197 e. The van der Waals surface area contributed by atoms with Crippen LogP contribution in [0.4, 0.5) is 0 Å². The van der Waals surface area contributed by atoms with Crippen LogP contribution in [0.5, 0.6) is 17.2 Å². The maximum atomic E-state index is 12.6. The van der Waals surface area contributed by atoms with Crippen molar-refractivity contribution in [2.24, 2.45) is 0 Å². The monoisotopic (exact) mass is 356 g/mol. The molecular formula is C20H20O6. The SMILES string of the molecule is COc1cc(OC)c2c(=O)cc(-c3ccc(OCCCO)cc3)oc2c1. The second-order valence-electron chi connectivity index (χ2n) is 5.63. The van der Waals surface area contributed by atoms with Gasteiger partial charge >= 0.3 is 0 Å². The second-order valence-corrected chi connectivity index (χ2v) is 5.63. The third-order valence-corrected chi connectivity index (χ3v) is 3.93. The number of benzene rings is 2. The number of aliphatic hydroxyl groups is 1. The third kappa shape index (κ3) is 3.65. The molecule has 0 aliphatic heterocycles. The number of methoxy groups -OCH3 is 2. The van der Waals surface area contributed by atoms with Gasteiger partial charge in [0.1, 0.15) is 34.0 Å². The molecule has 1 heterocycles. The molecule has 0 fully saturated rings. The van der Waals surface area contributed by atoms with Crippen molar-refractivity contribution in [2.75, 3.05) is 27.4 Å². The fourth-order valence-corrected chi connectivity index (χ4v) is 2.62. The first-order valence-corrected chi connectivity index (χ1v) is 8.20. The van der Waals surface area contributed by atoms with Crippen LogP contribution in [0.2, 0.25) is 0 Å². The molecule has 1 N–H and O–H groups in total. The van der Waals surface area contributed by atoms with Crippen LogP contribution >= 0.6 is 0 Å². The highest BCUT2D eigenvalue weighted by molar-refractivity contribution is 5.86. The number of hydrogen-bond donors (Lipinski definition) is 1. The highest BCUT2D eigenvalue weighted by Gasteiger charge is 2.13. The van der Waals surface area contributed by atoms with Gasteiger partial charge in [-0.2, -0.15) is 0 Å². The Morgan fingerprint density at radius 1 is 1.00 bits per heavy atom. The average Bonchev–Trinajstić information content (AvgIpc) is 2.67. The molecule has 0 spiro atoms. The van der Waals surface area contributed by atoms with E-state index in [1.807, 2.05) is 12.1 Å². The second kappa shape index (κ2) is 7.93. The van der Waals surface area contributed by atoms with Gasteiger partial charge in [-0.15, -0.1) is 0 Å². The highest BCUT2D eigenvalue weighted by atomic mass is 16.5. The topological polar surface area (TPSA) is 78.1 Å². The molecule has 0 bridgehead atoms. The van der Waals surface area contributed by atoms with Gasteiger partial charge in [0.2, 0.25) is 0 Å². The van der Waals surface area contributed by atoms with E-state index in [4.69, 9.17) is 23.7 Å². The summed E-state index contributed by atoms with van der Waals surface area (Å²) < 4.78 is 21.9. The van der Waals surface area contributed by atoms with E-state index in [9.17, 15) is 4.79 Å². The standard InChI is InChI=1S/C20H20O6/c1-23-15-10-18(24-2)20-16(22)12-17(26-19(20)11-15)13-4-6-14(7-5-13)25-9-3-8-21/h4-7,10-12,21H,3,8-9H2,1-2H3. The lowest BCUT2D eigenvalue weighted by atomic mass is 10.1. The van der Waals surface area contributed by atoms with Crippen molar-refractivity contribution in [1.29, 1.82) is 0 Å². The molecule has 2 aromatic carbocycles. The van der Waals surface area contributed by atoms with Crippen LogP contribution in [0.1, 0.15) is 6.42 Å². The van der Waals surface area contributed by atoms with Crippen LogP contribution in [0.15, 0.2) is 51.7 Å². The summed E-state index contributed by atoms with van der Waals surface area (Å²) in [6.45, 7) is 0.535. The molecule has 6 heteroatoms. The fourth-order valence-electron chi connectivity index (χ4n) is 2.62. The van der Waals surface area contributed by atoms with Crippen molar-refractivity contribution < 1.29 is 23.7 Å². The molecule has 0 atom stereocenters. The van der Waals surface area contributed by atoms with Crippen molar-refractivity contribution in [3.05, 3.63) is 52.7 Å². The van der Waals surface area contributed by atoms with Crippen LogP contribution in [0.3, 0.4) is 0 Å². The van der Waals surface area contributed by atoms with E-state index in [0.29, 0.717) is 47.0 Å². The Morgan fingerprint density at radius 3 is 2.42 bits per heavy atom. The van der Waals surface area contributed by atoms with Gasteiger partial charge in [-0.3, -0.25) is 4.79 Å². The van der Waals surface area contributed by atoms with Crippen molar-refractivity contribution in [1.82, 2.24) is 0 Å². The summed E-state index contributed by atoms with van der Waals surface area (Å²) in [5.41, 5.74) is 0.955. The molecule has 1 aromatic heterocycles. The average molecular weight is 356 g/mol. The van der Waals surface area contributed by atoms with Gasteiger partial charge in [-0.1, -0.05) is 0 Å². The molecule has 0 saturated heterocycles. The molecule has 0 aliphatic carbocycles. The number of aliphatic hydroxyl groups excluding tert-OH is 1. The molecule has 0 amide bonds. The summed E-state index contributed by atoms with van der Waals surface area (Å²) in [6.07, 6.45) is 0.574. The van der Waals surface area contributed by atoms with E-state index in [1.165, 1.54) is 20.3 Å². The van der Waals surface area contributed by atoms with Gasteiger partial charge in [0.15, 0.2) is 5.43 Å². The molecule has 0 aliphatic rings. The molecule has 136 valence electrons. The summed E-state index contributed by atoms with van der Waals surface area (Å²) in [4.78, 5) is 12.6. The lowest BCUT2D eigenvalue weighted by Crippen LogP contribution is -2.03.